The quantitative estimate of drug-likeness (QED) is 0.445. The average Bonchev–Trinajstić information content (AvgIpc) is 2.15. The van der Waals surface area contributed by atoms with Gasteiger partial charge in [0.25, 0.3) is 5.24 Å². The molecule has 0 aliphatic heterocycles. The van der Waals surface area contributed by atoms with Gasteiger partial charge in [-0.05, 0) is 11.6 Å². The fourth-order valence-electron chi connectivity index (χ4n) is 0.577. The molecule has 0 aliphatic carbocycles. The highest BCUT2D eigenvalue weighted by Gasteiger charge is 2.78. The largest absolute Gasteiger partial charge is 0.464 e. The normalized spacial score (nSPS) is 13.5. The summed E-state index contributed by atoms with van der Waals surface area (Å²) < 4.78 is 78.2. The van der Waals surface area contributed by atoms with Crippen molar-refractivity contribution in [3.05, 3.63) is 0 Å². The summed E-state index contributed by atoms with van der Waals surface area (Å²) in [6.45, 7) is 0. The highest BCUT2D eigenvalue weighted by molar-refractivity contribution is 6.65. The second-order valence-electron chi connectivity index (χ2n) is 2.49. The number of esters is 1. The predicted octanol–water partition coefficient (Wildman–Crippen LogP) is 1.83. The second-order valence-corrected chi connectivity index (χ2v) is 2.83. The van der Waals surface area contributed by atoms with E-state index in [0.29, 0.717) is 0 Å². The lowest BCUT2D eigenvalue weighted by Gasteiger charge is -2.28. The molecule has 0 heterocycles. The number of carbonyl (C=O) groups excluding carboxylic acids is 2. The lowest BCUT2D eigenvalue weighted by atomic mass is 10.1. The van der Waals surface area contributed by atoms with Crippen molar-refractivity contribution in [2.75, 3.05) is 7.11 Å². The molecule has 0 saturated heterocycles. The molecule has 0 aromatic heterocycles. The van der Waals surface area contributed by atoms with Crippen molar-refractivity contribution in [1.29, 1.82) is 0 Å². The van der Waals surface area contributed by atoms with E-state index in [-0.39, 0.29) is 7.11 Å². The molecular formula is C6H3ClF6O3. The van der Waals surface area contributed by atoms with E-state index >= 15 is 0 Å². The summed E-state index contributed by atoms with van der Waals surface area (Å²) in [6.07, 6.45) is 0. The molecule has 0 atom stereocenters. The average molecular weight is 273 g/mol. The number of methoxy groups -OCH3 is 1. The van der Waals surface area contributed by atoms with Gasteiger partial charge in [-0.1, -0.05) is 0 Å². The Morgan fingerprint density at radius 3 is 1.62 bits per heavy atom. The van der Waals surface area contributed by atoms with Gasteiger partial charge < -0.3 is 4.74 Å². The lowest BCUT2D eigenvalue weighted by Crippen LogP contribution is -2.60. The first-order valence-corrected chi connectivity index (χ1v) is 3.72. The molecule has 0 amide bonds. The Morgan fingerprint density at radius 1 is 1.00 bits per heavy atom. The zero-order valence-electron chi connectivity index (χ0n) is 7.37. The maximum Gasteiger partial charge on any atom is 0.411 e. The zero-order chi connectivity index (χ0) is 13.4. The summed E-state index contributed by atoms with van der Waals surface area (Å²) >= 11 is 4.05. The standard InChI is InChI=1S/C6H3ClF6O3/c1-16-3(15)5(10,11)6(12,13)4(8,9)2(7)14/h1H3. The predicted molar refractivity (Wildman–Crippen MR) is 37.7 cm³/mol. The molecular weight excluding hydrogens is 270 g/mol. The first-order valence-electron chi connectivity index (χ1n) is 3.34. The second kappa shape index (κ2) is 4.11. The van der Waals surface area contributed by atoms with Gasteiger partial charge in [0.15, 0.2) is 0 Å². The van der Waals surface area contributed by atoms with Crippen LogP contribution in [0.3, 0.4) is 0 Å². The molecule has 0 spiro atoms. The number of ether oxygens (including phenoxy) is 1. The first kappa shape index (κ1) is 15.0. The van der Waals surface area contributed by atoms with Crippen LogP contribution >= 0.6 is 11.6 Å². The van der Waals surface area contributed by atoms with Crippen molar-refractivity contribution in [2.45, 2.75) is 17.8 Å². The summed E-state index contributed by atoms with van der Waals surface area (Å²) in [6, 6.07) is 0. The number of carbonyl (C=O) groups is 2. The molecule has 0 fully saturated rings. The van der Waals surface area contributed by atoms with Crippen LogP contribution in [0.5, 0.6) is 0 Å². The highest BCUT2D eigenvalue weighted by Crippen LogP contribution is 2.47. The van der Waals surface area contributed by atoms with Gasteiger partial charge in [0, 0.05) is 0 Å². The van der Waals surface area contributed by atoms with Crippen LogP contribution in [0.25, 0.3) is 0 Å². The Kier molecular flexibility index (Phi) is 3.86. The van der Waals surface area contributed by atoms with E-state index < -0.39 is 29.0 Å². The highest BCUT2D eigenvalue weighted by atomic mass is 35.5. The third-order valence-electron chi connectivity index (χ3n) is 1.48. The number of alkyl halides is 6. The van der Waals surface area contributed by atoms with E-state index in [4.69, 9.17) is 0 Å². The molecule has 94 valence electrons. The molecule has 0 aromatic rings. The molecule has 0 bridgehead atoms. The van der Waals surface area contributed by atoms with Gasteiger partial charge in [0.2, 0.25) is 0 Å². The number of halogens is 7. The summed E-state index contributed by atoms with van der Waals surface area (Å²) in [4.78, 5) is 20.1. The van der Waals surface area contributed by atoms with Crippen LogP contribution in [-0.4, -0.2) is 36.1 Å². The molecule has 16 heavy (non-hydrogen) atoms. The van der Waals surface area contributed by atoms with Crippen molar-refractivity contribution in [3.8, 4) is 0 Å². The molecule has 3 nitrogen and oxygen atoms in total. The minimum Gasteiger partial charge on any atom is -0.464 e. The summed E-state index contributed by atoms with van der Waals surface area (Å²) in [5.74, 6) is -21.0. The van der Waals surface area contributed by atoms with E-state index in [1.165, 1.54) is 0 Å². The maximum atomic E-state index is 12.6. The molecule has 0 saturated carbocycles. The van der Waals surface area contributed by atoms with Crippen molar-refractivity contribution in [2.24, 2.45) is 0 Å². The van der Waals surface area contributed by atoms with Crippen molar-refractivity contribution in [3.63, 3.8) is 0 Å². The number of rotatable bonds is 4. The molecule has 0 aromatic carbocycles. The van der Waals surface area contributed by atoms with Crippen molar-refractivity contribution in [1.82, 2.24) is 0 Å². The number of hydrogen-bond acceptors (Lipinski definition) is 3. The molecule has 10 heteroatoms. The number of hydrogen-bond donors (Lipinski definition) is 0. The Morgan fingerprint density at radius 2 is 1.38 bits per heavy atom. The van der Waals surface area contributed by atoms with Crippen molar-refractivity contribution >= 4 is 22.8 Å². The van der Waals surface area contributed by atoms with Gasteiger partial charge in [0.05, 0.1) is 7.11 Å². The summed E-state index contributed by atoms with van der Waals surface area (Å²) in [5.41, 5.74) is 0. The molecule has 0 radical (unpaired) electrons. The van der Waals surface area contributed by atoms with Gasteiger partial charge in [-0.3, -0.25) is 4.79 Å². The van der Waals surface area contributed by atoms with Crippen LogP contribution in [-0.2, 0) is 14.3 Å². The third-order valence-corrected chi connectivity index (χ3v) is 1.71. The van der Waals surface area contributed by atoms with Crippen molar-refractivity contribution < 1.29 is 40.7 Å². The van der Waals surface area contributed by atoms with Crippen LogP contribution in [0.15, 0.2) is 0 Å². The van der Waals surface area contributed by atoms with Gasteiger partial charge >= 0.3 is 23.7 Å². The van der Waals surface area contributed by atoms with E-state index in [0.717, 1.165) is 0 Å². The molecule has 0 unspecified atom stereocenters. The van der Waals surface area contributed by atoms with Gasteiger partial charge in [-0.15, -0.1) is 0 Å². The third kappa shape index (κ3) is 1.95. The maximum absolute atomic E-state index is 12.6. The summed E-state index contributed by atoms with van der Waals surface area (Å²) in [7, 11) is 0.285. The molecule has 0 N–H and O–H groups in total. The van der Waals surface area contributed by atoms with Gasteiger partial charge in [-0.25, -0.2) is 4.79 Å². The van der Waals surface area contributed by atoms with E-state index in [2.05, 4.69) is 16.3 Å². The topological polar surface area (TPSA) is 43.4 Å². The van der Waals surface area contributed by atoms with Crippen LogP contribution < -0.4 is 0 Å². The Hall–Kier alpha value is -0.990. The van der Waals surface area contributed by atoms with Crippen LogP contribution in [0.2, 0.25) is 0 Å². The molecule has 0 aliphatic rings. The van der Waals surface area contributed by atoms with E-state index in [1.54, 1.807) is 0 Å². The fourth-order valence-corrected chi connectivity index (χ4v) is 0.696. The first-order chi connectivity index (χ1) is 6.92. The minimum absolute atomic E-state index is 0.285. The van der Waals surface area contributed by atoms with E-state index in [9.17, 15) is 35.9 Å². The zero-order valence-corrected chi connectivity index (χ0v) is 8.13. The summed E-state index contributed by atoms with van der Waals surface area (Å²) in [5, 5.41) is -3.01. The SMILES string of the molecule is COC(=O)C(F)(F)C(F)(F)C(F)(F)C(=O)Cl. The van der Waals surface area contributed by atoms with Crippen LogP contribution in [0, 0.1) is 0 Å². The van der Waals surface area contributed by atoms with E-state index in [1.807, 2.05) is 0 Å². The Balaban J connectivity index is 5.51. The Labute approximate surface area is 89.3 Å². The van der Waals surface area contributed by atoms with Crippen LogP contribution in [0.4, 0.5) is 26.3 Å². The minimum atomic E-state index is -6.29. The molecule has 0 rings (SSSR count). The lowest BCUT2D eigenvalue weighted by molar-refractivity contribution is -0.290. The van der Waals surface area contributed by atoms with Crippen LogP contribution in [0.1, 0.15) is 0 Å². The van der Waals surface area contributed by atoms with Gasteiger partial charge in [-0.2, -0.15) is 26.3 Å². The Bertz CT molecular complexity index is 315. The van der Waals surface area contributed by atoms with Gasteiger partial charge in [0.1, 0.15) is 0 Å². The smallest absolute Gasteiger partial charge is 0.411 e. The monoisotopic (exact) mass is 272 g/mol. The fraction of sp³-hybridized carbons (Fsp3) is 0.667.